The van der Waals surface area contributed by atoms with Gasteiger partial charge in [0.2, 0.25) is 17.7 Å². The molecule has 216 valence electrons. The molecule has 0 saturated carbocycles. The van der Waals surface area contributed by atoms with E-state index in [0.29, 0.717) is 58.9 Å². The molecule has 5 rings (SSSR count). The van der Waals surface area contributed by atoms with Gasteiger partial charge in [0, 0.05) is 32.0 Å². The maximum Gasteiger partial charge on any atom is 0.228 e. The molecule has 2 aromatic carbocycles. The molecule has 12 heteroatoms. The summed E-state index contributed by atoms with van der Waals surface area (Å²) in [4.78, 5) is 43.0. The maximum atomic E-state index is 13.7. The quantitative estimate of drug-likeness (QED) is 0.376. The van der Waals surface area contributed by atoms with Gasteiger partial charge in [-0.25, -0.2) is 4.68 Å². The lowest BCUT2D eigenvalue weighted by molar-refractivity contribution is -0.140. The van der Waals surface area contributed by atoms with Crippen LogP contribution in [0.25, 0.3) is 5.69 Å². The molecule has 3 amide bonds. The van der Waals surface area contributed by atoms with Gasteiger partial charge in [-0.3, -0.25) is 14.4 Å². The molecule has 3 aromatic rings. The second kappa shape index (κ2) is 12.4. The van der Waals surface area contributed by atoms with Gasteiger partial charge in [-0.2, -0.15) is 0 Å². The van der Waals surface area contributed by atoms with Gasteiger partial charge < -0.3 is 15.1 Å². The number of likely N-dealkylation sites (tertiary alicyclic amines) is 2. The molecule has 0 aliphatic carbocycles. The van der Waals surface area contributed by atoms with Crippen molar-refractivity contribution in [3.05, 3.63) is 74.5 Å². The highest BCUT2D eigenvalue weighted by Gasteiger charge is 2.45. The first-order valence-corrected chi connectivity index (χ1v) is 14.8. The molecule has 2 aliphatic rings. The van der Waals surface area contributed by atoms with Crippen LogP contribution in [0.3, 0.4) is 0 Å². The Labute approximate surface area is 253 Å². The zero-order valence-corrected chi connectivity index (χ0v) is 25.1. The van der Waals surface area contributed by atoms with Crippen LogP contribution >= 0.6 is 34.8 Å². The summed E-state index contributed by atoms with van der Waals surface area (Å²) in [7, 11) is 0. The lowest BCUT2D eigenvalue weighted by Gasteiger charge is -2.35. The maximum absolute atomic E-state index is 13.7. The fraction of sp³-hybridized carbons (Fsp3) is 0.414. The van der Waals surface area contributed by atoms with Gasteiger partial charge in [-0.05, 0) is 44.4 Å². The van der Waals surface area contributed by atoms with E-state index in [9.17, 15) is 14.4 Å². The average Bonchev–Trinajstić information content (AvgIpc) is 3.57. The van der Waals surface area contributed by atoms with Gasteiger partial charge in [-0.15, -0.1) is 5.10 Å². The number of aromatic nitrogens is 3. The summed E-state index contributed by atoms with van der Waals surface area (Å²) in [5, 5.41) is 12.2. The molecular formula is C29H31Cl3N6O3. The lowest BCUT2D eigenvalue weighted by Crippen LogP contribution is -2.46. The highest BCUT2D eigenvalue weighted by atomic mass is 35.5. The number of rotatable bonds is 7. The van der Waals surface area contributed by atoms with E-state index < -0.39 is 5.92 Å². The zero-order chi connectivity index (χ0) is 29.3. The van der Waals surface area contributed by atoms with Gasteiger partial charge in [-0.1, -0.05) is 69.8 Å². The molecule has 0 bridgehead atoms. The van der Waals surface area contributed by atoms with Crippen molar-refractivity contribution in [2.45, 2.75) is 45.7 Å². The molecule has 2 unspecified atom stereocenters. The predicted octanol–water partition coefficient (Wildman–Crippen LogP) is 5.00. The summed E-state index contributed by atoms with van der Waals surface area (Å²) in [6, 6.07) is 10.9. The minimum Gasteiger partial charge on any atom is -0.350 e. The molecule has 9 nitrogen and oxygen atoms in total. The number of halogens is 3. The van der Waals surface area contributed by atoms with Crippen molar-refractivity contribution in [1.29, 1.82) is 0 Å². The molecule has 3 heterocycles. The largest absolute Gasteiger partial charge is 0.350 e. The van der Waals surface area contributed by atoms with Crippen molar-refractivity contribution in [2.75, 3.05) is 19.6 Å². The van der Waals surface area contributed by atoms with E-state index in [4.69, 9.17) is 34.8 Å². The van der Waals surface area contributed by atoms with E-state index in [-0.39, 0.29) is 42.6 Å². The van der Waals surface area contributed by atoms with Gasteiger partial charge >= 0.3 is 0 Å². The standard InChI is InChI=1S/C29H31Cl3N6O3/c1-3-37-26(39)12-21(27(37)19-6-4-5-17(2)11-19)29(41)36-9-7-18(8-10-36)28(40)33-15-20-16-38(35-34-20)25-14-23(31)22(30)13-24(25)32/h4-6,11,13-14,16,18,21,27H,3,7-10,12,15H2,1-2H3,(H,33,40). The third-order valence-electron chi connectivity index (χ3n) is 7.87. The molecule has 2 aliphatic heterocycles. The highest BCUT2D eigenvalue weighted by molar-refractivity contribution is 6.43. The molecule has 2 saturated heterocycles. The van der Waals surface area contributed by atoms with Crippen LogP contribution in [0.4, 0.5) is 0 Å². The van der Waals surface area contributed by atoms with Crippen LogP contribution < -0.4 is 5.32 Å². The Morgan fingerprint density at radius 3 is 2.49 bits per heavy atom. The average molecular weight is 618 g/mol. The van der Waals surface area contributed by atoms with Crippen LogP contribution in [0, 0.1) is 18.8 Å². The van der Waals surface area contributed by atoms with Gasteiger partial charge in [0.15, 0.2) is 0 Å². The summed E-state index contributed by atoms with van der Waals surface area (Å²) in [5.41, 5.74) is 3.17. The second-order valence-corrected chi connectivity index (χ2v) is 11.8. The molecule has 1 aromatic heterocycles. The number of aryl methyl sites for hydroxylation is 1. The fourth-order valence-electron chi connectivity index (χ4n) is 5.75. The van der Waals surface area contributed by atoms with Gasteiger partial charge in [0.25, 0.3) is 0 Å². The third-order valence-corrected chi connectivity index (χ3v) is 8.90. The Balaban J connectivity index is 1.17. The number of carbonyl (C=O) groups excluding carboxylic acids is 3. The number of amides is 3. The van der Waals surface area contributed by atoms with E-state index in [1.54, 1.807) is 12.3 Å². The van der Waals surface area contributed by atoms with Crippen LogP contribution in [0.1, 0.15) is 49.0 Å². The van der Waals surface area contributed by atoms with Crippen molar-refractivity contribution in [3.8, 4) is 5.69 Å². The van der Waals surface area contributed by atoms with Crippen molar-refractivity contribution in [1.82, 2.24) is 30.1 Å². The van der Waals surface area contributed by atoms with Crippen LogP contribution in [-0.2, 0) is 20.9 Å². The smallest absolute Gasteiger partial charge is 0.228 e. The van der Waals surface area contributed by atoms with E-state index >= 15 is 0 Å². The molecule has 0 spiro atoms. The Bertz CT molecular complexity index is 1470. The van der Waals surface area contributed by atoms with Crippen molar-refractivity contribution >= 4 is 52.5 Å². The number of nitrogens with one attached hydrogen (secondary N) is 1. The monoisotopic (exact) mass is 616 g/mol. The lowest BCUT2D eigenvalue weighted by atomic mass is 9.89. The SMILES string of the molecule is CCN1C(=O)CC(C(=O)N2CCC(C(=O)NCc3cn(-c4cc(Cl)c(Cl)cc4Cl)nn3)CC2)C1c1cccc(C)c1. The van der Waals surface area contributed by atoms with Crippen LogP contribution in [0.2, 0.25) is 15.1 Å². The summed E-state index contributed by atoms with van der Waals surface area (Å²) in [6.07, 6.45) is 2.98. The van der Waals surface area contributed by atoms with Gasteiger partial charge in [0.1, 0.15) is 5.69 Å². The zero-order valence-electron chi connectivity index (χ0n) is 22.8. The Morgan fingerprint density at radius 2 is 1.78 bits per heavy atom. The van der Waals surface area contributed by atoms with Crippen molar-refractivity contribution < 1.29 is 14.4 Å². The summed E-state index contributed by atoms with van der Waals surface area (Å²) in [6.45, 7) is 5.65. The van der Waals surface area contributed by atoms with Crippen LogP contribution in [0.5, 0.6) is 0 Å². The van der Waals surface area contributed by atoms with Crippen molar-refractivity contribution in [3.63, 3.8) is 0 Å². The number of hydrogen-bond donors (Lipinski definition) is 1. The molecule has 2 fully saturated rings. The Morgan fingerprint density at radius 1 is 1.05 bits per heavy atom. The van der Waals surface area contributed by atoms with E-state index in [1.807, 2.05) is 41.8 Å². The fourth-order valence-corrected chi connectivity index (χ4v) is 6.38. The first-order chi connectivity index (χ1) is 19.7. The minimum atomic E-state index is -0.429. The number of nitrogens with zero attached hydrogens (tertiary/aromatic N) is 5. The first kappa shape index (κ1) is 29.4. The predicted molar refractivity (Wildman–Crippen MR) is 157 cm³/mol. The minimum absolute atomic E-state index is 0.00461. The van der Waals surface area contributed by atoms with Crippen molar-refractivity contribution in [2.24, 2.45) is 11.8 Å². The normalized spacial score (nSPS) is 19.6. The Hall–Kier alpha value is -3.14. The Kier molecular flexibility index (Phi) is 8.87. The number of carbonyl (C=O) groups is 3. The van der Waals surface area contributed by atoms with E-state index in [1.165, 1.54) is 10.7 Å². The molecule has 1 N–H and O–H groups in total. The number of piperidine rings is 1. The first-order valence-electron chi connectivity index (χ1n) is 13.6. The third kappa shape index (κ3) is 6.22. The molecule has 41 heavy (non-hydrogen) atoms. The second-order valence-electron chi connectivity index (χ2n) is 10.5. The van der Waals surface area contributed by atoms with E-state index in [2.05, 4.69) is 21.7 Å². The molecule has 2 atom stereocenters. The molecule has 0 radical (unpaired) electrons. The molecular weight excluding hydrogens is 587 g/mol. The summed E-state index contributed by atoms with van der Waals surface area (Å²) >= 11 is 18.4. The topological polar surface area (TPSA) is 100 Å². The number of benzene rings is 2. The van der Waals surface area contributed by atoms with Crippen LogP contribution in [0.15, 0.2) is 42.6 Å². The summed E-state index contributed by atoms with van der Waals surface area (Å²) in [5.74, 6) is -0.753. The highest BCUT2D eigenvalue weighted by Crippen LogP contribution is 2.40. The van der Waals surface area contributed by atoms with Crippen LogP contribution in [-0.4, -0.2) is 62.1 Å². The van der Waals surface area contributed by atoms with E-state index in [0.717, 1.165) is 11.1 Å². The number of hydrogen-bond acceptors (Lipinski definition) is 5. The summed E-state index contributed by atoms with van der Waals surface area (Å²) < 4.78 is 1.48. The van der Waals surface area contributed by atoms with Gasteiger partial charge in [0.05, 0.1) is 45.5 Å².